The second kappa shape index (κ2) is 7.65. The molecule has 5 nitrogen and oxygen atoms in total. The monoisotopic (exact) mass is 278 g/mol. The molecule has 0 saturated heterocycles. The standard InChI is InChI=1S/C15H22N2O3/c1-4-11(2)12-7-5-6-8-13(12)16-14(19)15(20)17(3)9-10-18/h5-8,11,18H,4,9-10H2,1-3H3,(H,16,19). The van der Waals surface area contributed by atoms with Gasteiger partial charge in [0.25, 0.3) is 0 Å². The van der Waals surface area contributed by atoms with Gasteiger partial charge < -0.3 is 15.3 Å². The van der Waals surface area contributed by atoms with Crippen molar-refractivity contribution in [1.29, 1.82) is 0 Å². The number of anilines is 1. The van der Waals surface area contributed by atoms with E-state index in [1.54, 1.807) is 6.07 Å². The van der Waals surface area contributed by atoms with Crippen molar-refractivity contribution < 1.29 is 14.7 Å². The molecule has 1 aromatic carbocycles. The van der Waals surface area contributed by atoms with Gasteiger partial charge in [-0.2, -0.15) is 0 Å². The van der Waals surface area contributed by atoms with Gasteiger partial charge in [0.05, 0.1) is 6.61 Å². The summed E-state index contributed by atoms with van der Waals surface area (Å²) in [6.45, 7) is 4.12. The second-order valence-corrected chi connectivity index (χ2v) is 4.80. The molecule has 0 spiro atoms. The van der Waals surface area contributed by atoms with Crippen molar-refractivity contribution >= 4 is 17.5 Å². The summed E-state index contributed by atoms with van der Waals surface area (Å²) in [5, 5.41) is 11.4. The minimum atomic E-state index is -0.684. The predicted octanol–water partition coefficient (Wildman–Crippen LogP) is 1.59. The van der Waals surface area contributed by atoms with E-state index in [-0.39, 0.29) is 13.2 Å². The van der Waals surface area contributed by atoms with E-state index in [1.165, 1.54) is 11.9 Å². The fourth-order valence-corrected chi connectivity index (χ4v) is 1.86. The van der Waals surface area contributed by atoms with E-state index in [9.17, 15) is 9.59 Å². The van der Waals surface area contributed by atoms with Gasteiger partial charge >= 0.3 is 11.8 Å². The molecule has 20 heavy (non-hydrogen) atoms. The summed E-state index contributed by atoms with van der Waals surface area (Å²) in [5.74, 6) is -1.04. The van der Waals surface area contributed by atoms with Gasteiger partial charge in [-0.25, -0.2) is 0 Å². The number of carbonyl (C=O) groups excluding carboxylic acids is 2. The van der Waals surface area contributed by atoms with Gasteiger partial charge in [0.2, 0.25) is 0 Å². The topological polar surface area (TPSA) is 69.6 Å². The molecule has 1 unspecified atom stereocenters. The average Bonchev–Trinajstić information content (AvgIpc) is 2.46. The minimum Gasteiger partial charge on any atom is -0.395 e. The van der Waals surface area contributed by atoms with Crippen molar-refractivity contribution in [3.05, 3.63) is 29.8 Å². The molecular weight excluding hydrogens is 256 g/mol. The molecule has 0 aliphatic heterocycles. The number of amides is 2. The first-order chi connectivity index (χ1) is 9.51. The molecule has 2 N–H and O–H groups in total. The zero-order valence-corrected chi connectivity index (χ0v) is 12.2. The van der Waals surface area contributed by atoms with Crippen LogP contribution in [-0.4, -0.2) is 42.0 Å². The Bertz CT molecular complexity index is 474. The first-order valence-electron chi connectivity index (χ1n) is 6.77. The first-order valence-corrected chi connectivity index (χ1v) is 6.77. The molecule has 0 fully saturated rings. The Kier molecular flexibility index (Phi) is 6.18. The summed E-state index contributed by atoms with van der Waals surface area (Å²) >= 11 is 0. The van der Waals surface area contributed by atoms with Crippen molar-refractivity contribution in [2.24, 2.45) is 0 Å². The maximum atomic E-state index is 11.9. The molecule has 0 aromatic heterocycles. The number of rotatable bonds is 5. The third-order valence-corrected chi connectivity index (χ3v) is 3.33. The van der Waals surface area contributed by atoms with Gasteiger partial charge in [-0.3, -0.25) is 9.59 Å². The fourth-order valence-electron chi connectivity index (χ4n) is 1.86. The van der Waals surface area contributed by atoms with Crippen LogP contribution in [0, 0.1) is 0 Å². The number of carbonyl (C=O) groups is 2. The number of nitrogens with one attached hydrogen (secondary N) is 1. The largest absolute Gasteiger partial charge is 0.395 e. The molecule has 2 amide bonds. The lowest BCUT2D eigenvalue weighted by atomic mass is 9.97. The van der Waals surface area contributed by atoms with E-state index in [4.69, 9.17) is 5.11 Å². The van der Waals surface area contributed by atoms with Crippen LogP contribution in [0.25, 0.3) is 0 Å². The Morgan fingerprint density at radius 3 is 2.60 bits per heavy atom. The summed E-state index contributed by atoms with van der Waals surface area (Å²) in [6, 6.07) is 7.48. The highest BCUT2D eigenvalue weighted by molar-refractivity contribution is 6.39. The molecule has 1 aromatic rings. The third kappa shape index (κ3) is 4.06. The number of para-hydroxylation sites is 1. The summed E-state index contributed by atoms with van der Waals surface area (Å²) in [7, 11) is 1.48. The van der Waals surface area contributed by atoms with Gasteiger partial charge in [-0.15, -0.1) is 0 Å². The maximum Gasteiger partial charge on any atom is 0.313 e. The molecule has 110 valence electrons. The van der Waals surface area contributed by atoms with E-state index in [0.717, 1.165) is 12.0 Å². The number of hydrogen-bond acceptors (Lipinski definition) is 3. The molecule has 5 heteroatoms. The SMILES string of the molecule is CCC(C)c1ccccc1NC(=O)C(=O)N(C)CCO. The molecular formula is C15H22N2O3. The summed E-state index contributed by atoms with van der Waals surface area (Å²) in [5.41, 5.74) is 1.68. The van der Waals surface area contributed by atoms with Gasteiger partial charge in [0, 0.05) is 19.3 Å². The zero-order valence-electron chi connectivity index (χ0n) is 12.2. The highest BCUT2D eigenvalue weighted by atomic mass is 16.3. The number of nitrogens with zero attached hydrogens (tertiary/aromatic N) is 1. The van der Waals surface area contributed by atoms with Gasteiger partial charge in [0.1, 0.15) is 0 Å². The van der Waals surface area contributed by atoms with Crippen LogP contribution in [0.3, 0.4) is 0 Å². The van der Waals surface area contributed by atoms with Crippen molar-refractivity contribution in [3.63, 3.8) is 0 Å². The smallest absolute Gasteiger partial charge is 0.313 e. The molecule has 1 atom stereocenters. The maximum absolute atomic E-state index is 11.9. The lowest BCUT2D eigenvalue weighted by molar-refractivity contribution is -0.142. The normalized spacial score (nSPS) is 11.8. The Morgan fingerprint density at radius 1 is 1.35 bits per heavy atom. The van der Waals surface area contributed by atoms with Crippen LogP contribution in [0.15, 0.2) is 24.3 Å². The molecule has 0 heterocycles. The van der Waals surface area contributed by atoms with E-state index >= 15 is 0 Å². The highest BCUT2D eigenvalue weighted by Gasteiger charge is 2.20. The molecule has 0 aliphatic carbocycles. The second-order valence-electron chi connectivity index (χ2n) is 4.80. The van der Waals surface area contributed by atoms with Gasteiger partial charge in [-0.1, -0.05) is 32.0 Å². The van der Waals surface area contributed by atoms with Crippen LogP contribution in [0.5, 0.6) is 0 Å². The summed E-state index contributed by atoms with van der Waals surface area (Å²) in [6.07, 6.45) is 0.950. The van der Waals surface area contributed by atoms with Crippen molar-refractivity contribution in [3.8, 4) is 0 Å². The predicted molar refractivity (Wildman–Crippen MR) is 78.5 cm³/mol. The van der Waals surface area contributed by atoms with E-state index in [1.807, 2.05) is 18.2 Å². The van der Waals surface area contributed by atoms with Crippen LogP contribution < -0.4 is 5.32 Å². The number of aliphatic hydroxyl groups excluding tert-OH is 1. The van der Waals surface area contributed by atoms with Crippen molar-refractivity contribution in [1.82, 2.24) is 4.90 Å². The minimum absolute atomic E-state index is 0.138. The molecule has 0 saturated carbocycles. The van der Waals surface area contributed by atoms with Gasteiger partial charge in [-0.05, 0) is 24.0 Å². The van der Waals surface area contributed by atoms with Crippen molar-refractivity contribution in [2.45, 2.75) is 26.2 Å². The Hall–Kier alpha value is -1.88. The molecule has 0 aliphatic rings. The number of hydrogen-bond donors (Lipinski definition) is 2. The van der Waals surface area contributed by atoms with E-state index < -0.39 is 11.8 Å². The Balaban J connectivity index is 2.83. The van der Waals surface area contributed by atoms with Crippen LogP contribution in [0.1, 0.15) is 31.7 Å². The van der Waals surface area contributed by atoms with Crippen LogP contribution in [0.2, 0.25) is 0 Å². The third-order valence-electron chi connectivity index (χ3n) is 3.33. The first kappa shape index (κ1) is 16.2. The van der Waals surface area contributed by atoms with Crippen LogP contribution in [-0.2, 0) is 9.59 Å². The molecule has 0 bridgehead atoms. The number of benzene rings is 1. The average molecular weight is 278 g/mol. The number of likely N-dealkylation sites (N-methyl/N-ethyl adjacent to an activating group) is 1. The van der Waals surface area contributed by atoms with Crippen molar-refractivity contribution in [2.75, 3.05) is 25.5 Å². The Labute approximate surface area is 119 Å². The summed E-state index contributed by atoms with van der Waals surface area (Å²) in [4.78, 5) is 24.9. The lowest BCUT2D eigenvalue weighted by Crippen LogP contribution is -2.38. The van der Waals surface area contributed by atoms with Gasteiger partial charge in [0.15, 0.2) is 0 Å². The zero-order chi connectivity index (χ0) is 15.1. The Morgan fingerprint density at radius 2 is 2.00 bits per heavy atom. The van der Waals surface area contributed by atoms with Crippen LogP contribution >= 0.6 is 0 Å². The number of aliphatic hydroxyl groups is 1. The molecule has 0 radical (unpaired) electrons. The summed E-state index contributed by atoms with van der Waals surface area (Å²) < 4.78 is 0. The fraction of sp³-hybridized carbons (Fsp3) is 0.467. The highest BCUT2D eigenvalue weighted by Crippen LogP contribution is 2.26. The van der Waals surface area contributed by atoms with E-state index in [0.29, 0.717) is 11.6 Å². The van der Waals surface area contributed by atoms with Crippen LogP contribution in [0.4, 0.5) is 5.69 Å². The molecule has 1 rings (SSSR count). The quantitative estimate of drug-likeness (QED) is 0.804. The van der Waals surface area contributed by atoms with E-state index in [2.05, 4.69) is 19.2 Å². The lowest BCUT2D eigenvalue weighted by Gasteiger charge is -2.18.